The summed E-state index contributed by atoms with van der Waals surface area (Å²) in [7, 11) is 5.90. The minimum atomic E-state index is -0.0420. The van der Waals surface area contributed by atoms with Crippen molar-refractivity contribution in [1.29, 1.82) is 0 Å². The van der Waals surface area contributed by atoms with Crippen molar-refractivity contribution >= 4 is 32.6 Å². The molecule has 2 heterocycles. The number of carbonyl (C=O) groups is 1. The SMILES string of the molecule is Cc1cc(C)c2sc(N(CCCN(C)C)C(=O)c3c(C)cnn3C)nc2c1. The summed E-state index contributed by atoms with van der Waals surface area (Å²) >= 11 is 1.59. The average Bonchev–Trinajstić information content (AvgIpc) is 3.14. The van der Waals surface area contributed by atoms with Crippen molar-refractivity contribution in [2.75, 3.05) is 32.1 Å². The fraction of sp³-hybridized carbons (Fsp3) is 0.450. The molecule has 0 saturated heterocycles. The molecule has 144 valence electrons. The zero-order chi connectivity index (χ0) is 19.7. The fourth-order valence-electron chi connectivity index (χ4n) is 3.29. The van der Waals surface area contributed by atoms with Crippen LogP contribution in [0.1, 0.15) is 33.6 Å². The summed E-state index contributed by atoms with van der Waals surface area (Å²) in [6.07, 6.45) is 2.61. The molecule has 0 aliphatic heterocycles. The Morgan fingerprint density at radius 2 is 1.89 bits per heavy atom. The number of hydrogen-bond acceptors (Lipinski definition) is 5. The summed E-state index contributed by atoms with van der Waals surface area (Å²) < 4.78 is 2.79. The van der Waals surface area contributed by atoms with Crippen molar-refractivity contribution in [3.8, 4) is 0 Å². The van der Waals surface area contributed by atoms with Gasteiger partial charge in [-0.1, -0.05) is 17.4 Å². The van der Waals surface area contributed by atoms with Gasteiger partial charge in [-0.2, -0.15) is 5.10 Å². The summed E-state index contributed by atoms with van der Waals surface area (Å²) in [5.41, 5.74) is 4.84. The number of amides is 1. The van der Waals surface area contributed by atoms with Crippen LogP contribution in [0.5, 0.6) is 0 Å². The monoisotopic (exact) mass is 385 g/mol. The van der Waals surface area contributed by atoms with Crippen LogP contribution in [0.15, 0.2) is 18.3 Å². The van der Waals surface area contributed by atoms with Crippen molar-refractivity contribution in [2.24, 2.45) is 7.05 Å². The molecule has 0 atom stereocenters. The molecule has 3 rings (SSSR count). The Morgan fingerprint density at radius 1 is 1.15 bits per heavy atom. The molecular formula is C20H27N5OS. The molecule has 7 heteroatoms. The summed E-state index contributed by atoms with van der Waals surface area (Å²) in [6, 6.07) is 4.24. The Bertz CT molecular complexity index is 953. The molecule has 0 fully saturated rings. The summed E-state index contributed by atoms with van der Waals surface area (Å²) in [5, 5.41) is 4.99. The second-order valence-electron chi connectivity index (χ2n) is 7.34. The maximum atomic E-state index is 13.4. The van der Waals surface area contributed by atoms with Crippen molar-refractivity contribution in [3.63, 3.8) is 0 Å². The minimum Gasteiger partial charge on any atom is -0.309 e. The van der Waals surface area contributed by atoms with E-state index < -0.39 is 0 Å². The van der Waals surface area contributed by atoms with Gasteiger partial charge in [-0.3, -0.25) is 14.4 Å². The molecule has 0 unspecified atom stereocenters. The Morgan fingerprint density at radius 3 is 2.52 bits per heavy atom. The Kier molecular flexibility index (Phi) is 5.62. The molecule has 6 nitrogen and oxygen atoms in total. The quantitative estimate of drug-likeness (QED) is 0.651. The number of anilines is 1. The number of thiazole rings is 1. The van der Waals surface area contributed by atoms with Crippen LogP contribution in [0.25, 0.3) is 10.2 Å². The van der Waals surface area contributed by atoms with Gasteiger partial charge in [0, 0.05) is 13.6 Å². The van der Waals surface area contributed by atoms with Gasteiger partial charge in [-0.05, 0) is 70.6 Å². The van der Waals surface area contributed by atoms with Gasteiger partial charge < -0.3 is 4.90 Å². The highest BCUT2D eigenvalue weighted by atomic mass is 32.1. The van der Waals surface area contributed by atoms with E-state index in [2.05, 4.69) is 36.0 Å². The first-order valence-electron chi connectivity index (χ1n) is 9.11. The zero-order valence-electron chi connectivity index (χ0n) is 16.9. The number of aryl methyl sites for hydroxylation is 4. The predicted octanol–water partition coefficient (Wildman–Crippen LogP) is 3.55. The van der Waals surface area contributed by atoms with Gasteiger partial charge in [-0.15, -0.1) is 0 Å². The molecule has 2 aromatic heterocycles. The number of benzene rings is 1. The van der Waals surface area contributed by atoms with Gasteiger partial charge in [0.05, 0.1) is 16.4 Å². The number of nitrogens with zero attached hydrogens (tertiary/aromatic N) is 5. The predicted molar refractivity (Wildman–Crippen MR) is 112 cm³/mol. The van der Waals surface area contributed by atoms with E-state index in [1.165, 1.54) is 11.1 Å². The smallest absolute Gasteiger partial charge is 0.278 e. The highest BCUT2D eigenvalue weighted by Crippen LogP contribution is 2.33. The fourth-order valence-corrected chi connectivity index (χ4v) is 4.33. The molecule has 0 spiro atoms. The lowest BCUT2D eigenvalue weighted by molar-refractivity contribution is 0.0976. The van der Waals surface area contributed by atoms with E-state index in [1.807, 2.05) is 33.0 Å². The molecule has 27 heavy (non-hydrogen) atoms. The Balaban J connectivity index is 2.01. The first-order valence-corrected chi connectivity index (χ1v) is 9.92. The highest BCUT2D eigenvalue weighted by Gasteiger charge is 2.25. The number of carbonyl (C=O) groups excluding carboxylic acids is 1. The largest absolute Gasteiger partial charge is 0.309 e. The topological polar surface area (TPSA) is 54.3 Å². The maximum Gasteiger partial charge on any atom is 0.278 e. The van der Waals surface area contributed by atoms with Crippen molar-refractivity contribution < 1.29 is 4.79 Å². The first kappa shape index (κ1) is 19.5. The molecule has 3 aromatic rings. The minimum absolute atomic E-state index is 0.0420. The van der Waals surface area contributed by atoms with Gasteiger partial charge in [0.2, 0.25) is 0 Å². The van der Waals surface area contributed by atoms with Crippen LogP contribution in [-0.2, 0) is 7.05 Å². The van der Waals surface area contributed by atoms with E-state index in [1.54, 1.807) is 22.2 Å². The average molecular weight is 386 g/mol. The summed E-state index contributed by atoms with van der Waals surface area (Å²) in [4.78, 5) is 22.1. The van der Waals surface area contributed by atoms with Crippen LogP contribution in [0.3, 0.4) is 0 Å². The van der Waals surface area contributed by atoms with Gasteiger partial charge in [0.1, 0.15) is 5.69 Å². The van der Waals surface area contributed by atoms with Gasteiger partial charge in [0.25, 0.3) is 5.91 Å². The molecular weight excluding hydrogens is 358 g/mol. The molecule has 1 aromatic carbocycles. The number of aromatic nitrogens is 3. The molecule has 0 radical (unpaired) electrons. The van der Waals surface area contributed by atoms with Crippen LogP contribution in [0, 0.1) is 20.8 Å². The highest BCUT2D eigenvalue weighted by molar-refractivity contribution is 7.22. The number of rotatable bonds is 6. The van der Waals surface area contributed by atoms with Crippen LogP contribution < -0.4 is 4.90 Å². The molecule has 0 aliphatic carbocycles. The van der Waals surface area contributed by atoms with Crippen molar-refractivity contribution in [2.45, 2.75) is 27.2 Å². The standard InChI is InChI=1S/C20H27N5OS/c1-13-10-14(2)18-16(11-13)22-20(27-18)25(9-7-8-23(4)5)19(26)17-15(3)12-21-24(17)6/h10-12H,7-9H2,1-6H3. The van der Waals surface area contributed by atoms with E-state index in [9.17, 15) is 4.79 Å². The second kappa shape index (κ2) is 7.78. The Labute approximate surface area is 164 Å². The van der Waals surface area contributed by atoms with E-state index in [-0.39, 0.29) is 5.91 Å². The molecule has 0 saturated carbocycles. The van der Waals surface area contributed by atoms with Gasteiger partial charge >= 0.3 is 0 Å². The second-order valence-corrected chi connectivity index (χ2v) is 8.32. The van der Waals surface area contributed by atoms with E-state index >= 15 is 0 Å². The third-order valence-electron chi connectivity index (χ3n) is 4.60. The van der Waals surface area contributed by atoms with Gasteiger partial charge in [0.15, 0.2) is 5.13 Å². The third-order valence-corrected chi connectivity index (χ3v) is 5.83. The van der Waals surface area contributed by atoms with Gasteiger partial charge in [-0.25, -0.2) is 4.98 Å². The first-order chi connectivity index (χ1) is 12.8. The molecule has 0 aliphatic rings. The molecule has 1 amide bonds. The van der Waals surface area contributed by atoms with Crippen molar-refractivity contribution in [1.82, 2.24) is 19.7 Å². The van der Waals surface area contributed by atoms with Crippen LogP contribution in [-0.4, -0.2) is 52.8 Å². The maximum absolute atomic E-state index is 13.4. The van der Waals surface area contributed by atoms with Crippen LogP contribution in [0.2, 0.25) is 0 Å². The van der Waals surface area contributed by atoms with E-state index in [0.29, 0.717) is 12.2 Å². The lowest BCUT2D eigenvalue weighted by atomic mass is 10.1. The molecule has 0 bridgehead atoms. The summed E-state index contributed by atoms with van der Waals surface area (Å²) in [5.74, 6) is -0.0420. The third kappa shape index (κ3) is 4.04. The van der Waals surface area contributed by atoms with Crippen molar-refractivity contribution in [3.05, 3.63) is 40.7 Å². The van der Waals surface area contributed by atoms with E-state index in [4.69, 9.17) is 4.98 Å². The molecule has 0 N–H and O–H groups in total. The number of hydrogen-bond donors (Lipinski definition) is 0. The summed E-state index contributed by atoms with van der Waals surface area (Å²) in [6.45, 7) is 7.63. The van der Waals surface area contributed by atoms with E-state index in [0.717, 1.165) is 33.9 Å². The van der Waals surface area contributed by atoms with Crippen LogP contribution >= 0.6 is 11.3 Å². The zero-order valence-corrected chi connectivity index (χ0v) is 17.7. The number of fused-ring (bicyclic) bond motifs is 1. The lowest BCUT2D eigenvalue weighted by Crippen LogP contribution is -2.35. The Hall–Kier alpha value is -2.25. The normalized spacial score (nSPS) is 11.5. The lowest BCUT2D eigenvalue weighted by Gasteiger charge is -2.21. The van der Waals surface area contributed by atoms with Crippen LogP contribution in [0.4, 0.5) is 5.13 Å².